The molecular weight excluding hydrogens is 510 g/mol. The number of aromatic amines is 1. The number of aromatic nitrogens is 4. The highest BCUT2D eigenvalue weighted by atomic mass is 19.3. The van der Waals surface area contributed by atoms with Gasteiger partial charge in [-0.05, 0) is 73.7 Å². The Kier molecular flexibility index (Phi) is 6.82. The molecule has 1 aromatic carbocycles. The van der Waals surface area contributed by atoms with E-state index in [9.17, 15) is 18.4 Å². The standard InChI is InChI=1S/C27H32F2N6O4/c1-14-22(35-39-34-14)26(37)33-24(20-4-2-3-9-38-20)25-30-18-8-7-17(11-19(18)31-25)23(16-5-6-16)32-21(36)10-15-12-27(28,29)13-15/h7-8,11,15-16,20,23-24H,2-6,9-10,12-13H2,1H3,(H,30,31)(H,32,36)(H,33,37)/t20-,23?,24+/m0/s1. The van der Waals surface area contributed by atoms with Crippen molar-refractivity contribution >= 4 is 22.8 Å². The molecule has 3 fully saturated rings. The number of nitrogens with one attached hydrogen (secondary N) is 3. The van der Waals surface area contributed by atoms with Gasteiger partial charge in [0.1, 0.15) is 17.6 Å². The lowest BCUT2D eigenvalue weighted by molar-refractivity contribution is -0.134. The molecule has 3 aromatic rings. The van der Waals surface area contributed by atoms with Gasteiger partial charge >= 0.3 is 0 Å². The normalized spacial score (nSPS) is 22.7. The molecule has 2 aliphatic carbocycles. The van der Waals surface area contributed by atoms with E-state index in [1.54, 1.807) is 6.92 Å². The Labute approximate surface area is 223 Å². The summed E-state index contributed by atoms with van der Waals surface area (Å²) in [6.07, 6.45) is 4.14. The number of aryl methyl sites for hydroxylation is 1. The molecule has 0 spiro atoms. The smallest absolute Gasteiger partial charge is 0.276 e. The maximum absolute atomic E-state index is 13.2. The van der Waals surface area contributed by atoms with Gasteiger partial charge in [-0.3, -0.25) is 9.59 Å². The van der Waals surface area contributed by atoms with Gasteiger partial charge in [-0.15, -0.1) is 0 Å². The van der Waals surface area contributed by atoms with E-state index in [0.29, 0.717) is 24.0 Å². The van der Waals surface area contributed by atoms with Crippen molar-refractivity contribution in [1.29, 1.82) is 0 Å². The first-order valence-electron chi connectivity index (χ1n) is 13.6. The van der Waals surface area contributed by atoms with Crippen LogP contribution in [-0.2, 0) is 9.53 Å². The summed E-state index contributed by atoms with van der Waals surface area (Å²) >= 11 is 0. The Morgan fingerprint density at radius 1 is 1.13 bits per heavy atom. The van der Waals surface area contributed by atoms with E-state index in [1.807, 2.05) is 18.2 Å². The number of alkyl halides is 2. The van der Waals surface area contributed by atoms with Crippen LogP contribution in [0.1, 0.15) is 91.0 Å². The molecule has 2 aromatic heterocycles. The summed E-state index contributed by atoms with van der Waals surface area (Å²) in [6, 6.07) is 5.09. The number of carbonyl (C=O) groups is 2. The zero-order chi connectivity index (χ0) is 27.1. The van der Waals surface area contributed by atoms with Crippen LogP contribution in [0.15, 0.2) is 22.8 Å². The van der Waals surface area contributed by atoms with Crippen LogP contribution in [0, 0.1) is 18.8 Å². The minimum absolute atomic E-state index is 0.114. The van der Waals surface area contributed by atoms with E-state index >= 15 is 0 Å². The molecule has 0 radical (unpaired) electrons. The lowest BCUT2D eigenvalue weighted by atomic mass is 9.79. The molecule has 208 valence electrons. The molecule has 3 atom stereocenters. The summed E-state index contributed by atoms with van der Waals surface area (Å²) in [7, 11) is 0. The summed E-state index contributed by atoms with van der Waals surface area (Å²) in [6.45, 7) is 2.25. The summed E-state index contributed by atoms with van der Waals surface area (Å²) in [5.74, 6) is -2.62. The fourth-order valence-electron chi connectivity index (χ4n) is 5.73. The number of halogens is 2. The van der Waals surface area contributed by atoms with Gasteiger partial charge in [0.05, 0.1) is 23.2 Å². The summed E-state index contributed by atoms with van der Waals surface area (Å²) < 4.78 is 37.1. The summed E-state index contributed by atoms with van der Waals surface area (Å²) in [4.78, 5) is 33.8. The molecule has 2 saturated carbocycles. The molecule has 1 aliphatic heterocycles. The van der Waals surface area contributed by atoms with Crippen molar-refractivity contribution < 1.29 is 27.7 Å². The third kappa shape index (κ3) is 5.66. The molecule has 0 bridgehead atoms. The van der Waals surface area contributed by atoms with Crippen molar-refractivity contribution in [2.24, 2.45) is 11.8 Å². The van der Waals surface area contributed by atoms with Crippen molar-refractivity contribution in [2.45, 2.75) is 82.4 Å². The third-order valence-electron chi connectivity index (χ3n) is 7.98. The number of hydrogen-bond donors (Lipinski definition) is 3. The number of fused-ring (bicyclic) bond motifs is 1. The molecule has 3 heterocycles. The first-order valence-corrected chi connectivity index (χ1v) is 13.6. The number of amides is 2. The van der Waals surface area contributed by atoms with Gasteiger partial charge in [0.25, 0.3) is 5.91 Å². The number of rotatable bonds is 9. The summed E-state index contributed by atoms with van der Waals surface area (Å²) in [5.41, 5.74) is 2.94. The Morgan fingerprint density at radius 3 is 2.62 bits per heavy atom. The topological polar surface area (TPSA) is 135 Å². The maximum atomic E-state index is 13.2. The first-order chi connectivity index (χ1) is 18.8. The monoisotopic (exact) mass is 542 g/mol. The van der Waals surface area contributed by atoms with Crippen LogP contribution < -0.4 is 10.6 Å². The highest BCUT2D eigenvalue weighted by Gasteiger charge is 2.46. The number of nitrogens with zero attached hydrogens (tertiary/aromatic N) is 3. The number of benzene rings is 1. The lowest BCUT2D eigenvalue weighted by Gasteiger charge is -2.34. The largest absolute Gasteiger partial charge is 0.376 e. The Balaban J connectivity index is 1.22. The average Bonchev–Trinajstić information content (AvgIpc) is 3.50. The molecule has 1 saturated heterocycles. The second-order valence-corrected chi connectivity index (χ2v) is 11.2. The van der Waals surface area contributed by atoms with Crippen molar-refractivity contribution in [3.63, 3.8) is 0 Å². The van der Waals surface area contributed by atoms with Gasteiger partial charge in [-0.1, -0.05) is 11.2 Å². The molecule has 39 heavy (non-hydrogen) atoms. The second kappa shape index (κ2) is 10.3. The third-order valence-corrected chi connectivity index (χ3v) is 7.98. The van der Waals surface area contributed by atoms with E-state index < -0.39 is 17.9 Å². The van der Waals surface area contributed by atoms with E-state index in [1.165, 1.54) is 0 Å². The van der Waals surface area contributed by atoms with Crippen LogP contribution in [0.3, 0.4) is 0 Å². The first kappa shape index (κ1) is 25.8. The van der Waals surface area contributed by atoms with Crippen LogP contribution in [0.25, 0.3) is 11.0 Å². The quantitative estimate of drug-likeness (QED) is 0.367. The number of ether oxygens (including phenoxy) is 1. The lowest BCUT2D eigenvalue weighted by Crippen LogP contribution is -2.40. The van der Waals surface area contributed by atoms with Gasteiger partial charge in [-0.2, -0.15) is 0 Å². The summed E-state index contributed by atoms with van der Waals surface area (Å²) in [5, 5.41) is 13.5. The van der Waals surface area contributed by atoms with Gasteiger partial charge in [0, 0.05) is 25.9 Å². The molecule has 2 amide bonds. The molecule has 1 unspecified atom stereocenters. The minimum Gasteiger partial charge on any atom is -0.376 e. The van der Waals surface area contributed by atoms with E-state index in [4.69, 9.17) is 14.3 Å². The highest BCUT2D eigenvalue weighted by molar-refractivity contribution is 5.93. The Hall–Kier alpha value is -3.41. The number of carbonyl (C=O) groups excluding carboxylic acids is 2. The number of H-pyrrole nitrogens is 1. The van der Waals surface area contributed by atoms with Crippen LogP contribution >= 0.6 is 0 Å². The Morgan fingerprint density at radius 2 is 1.95 bits per heavy atom. The van der Waals surface area contributed by atoms with Gasteiger partial charge in [0.2, 0.25) is 11.8 Å². The van der Waals surface area contributed by atoms with E-state index in [0.717, 1.165) is 48.7 Å². The molecule has 12 heteroatoms. The van der Waals surface area contributed by atoms with Gasteiger partial charge < -0.3 is 20.4 Å². The fourth-order valence-corrected chi connectivity index (χ4v) is 5.73. The molecular formula is C27H32F2N6O4. The van der Waals surface area contributed by atoms with Crippen molar-refractivity contribution in [3.8, 4) is 0 Å². The van der Waals surface area contributed by atoms with Gasteiger partial charge in [-0.25, -0.2) is 18.4 Å². The highest BCUT2D eigenvalue weighted by Crippen LogP contribution is 2.45. The van der Waals surface area contributed by atoms with E-state index in [-0.39, 0.29) is 48.9 Å². The predicted octanol–water partition coefficient (Wildman–Crippen LogP) is 4.30. The second-order valence-electron chi connectivity index (χ2n) is 11.2. The van der Waals surface area contributed by atoms with Crippen LogP contribution in [0.4, 0.5) is 8.78 Å². The predicted molar refractivity (Wildman–Crippen MR) is 135 cm³/mol. The number of imidazole rings is 1. The van der Waals surface area contributed by atoms with E-state index in [2.05, 4.69) is 25.9 Å². The van der Waals surface area contributed by atoms with Crippen LogP contribution in [0.5, 0.6) is 0 Å². The molecule has 6 rings (SSSR count). The van der Waals surface area contributed by atoms with Crippen LogP contribution in [0.2, 0.25) is 0 Å². The zero-order valence-corrected chi connectivity index (χ0v) is 21.7. The fraction of sp³-hybridized carbons (Fsp3) is 0.593. The van der Waals surface area contributed by atoms with Crippen molar-refractivity contribution in [1.82, 2.24) is 30.9 Å². The maximum Gasteiger partial charge on any atom is 0.276 e. The Bertz CT molecular complexity index is 1360. The van der Waals surface area contributed by atoms with Gasteiger partial charge in [0.15, 0.2) is 5.69 Å². The van der Waals surface area contributed by atoms with Crippen LogP contribution in [-0.4, -0.2) is 50.7 Å². The SMILES string of the molecule is Cc1nonc1C(=O)N[C@@H](c1nc2ccc(C(NC(=O)CC3CC(F)(F)C3)C3CC3)cc2[nH]1)[C@@H]1CCCCO1. The molecule has 3 aliphatic rings. The zero-order valence-electron chi connectivity index (χ0n) is 21.7. The molecule has 10 nitrogen and oxygen atoms in total. The van der Waals surface area contributed by atoms with Crippen molar-refractivity contribution in [2.75, 3.05) is 6.61 Å². The average molecular weight is 543 g/mol. The van der Waals surface area contributed by atoms with Crippen molar-refractivity contribution in [3.05, 3.63) is 41.0 Å². The molecule has 3 N–H and O–H groups in total. The minimum atomic E-state index is -2.63. The number of hydrogen-bond acceptors (Lipinski definition) is 7.